The quantitative estimate of drug-likeness (QED) is 0.850. The lowest BCUT2D eigenvalue weighted by Crippen LogP contribution is -2.42. The van der Waals surface area contributed by atoms with Crippen molar-refractivity contribution in [2.24, 2.45) is 0 Å². The van der Waals surface area contributed by atoms with E-state index in [9.17, 15) is 4.79 Å². The van der Waals surface area contributed by atoms with Crippen LogP contribution in [-0.4, -0.2) is 29.0 Å². The van der Waals surface area contributed by atoms with Crippen LogP contribution in [0, 0.1) is 6.92 Å². The standard InChI is InChI=1S/C13H19N3O/c1-11-6-5-7-14-12(11)10-15-13(17)16-8-3-2-4-9-16/h5-7H,2-4,8-10H2,1H3,(H,15,17). The molecule has 0 spiro atoms. The van der Waals surface area contributed by atoms with Gasteiger partial charge < -0.3 is 10.2 Å². The van der Waals surface area contributed by atoms with Crippen molar-refractivity contribution in [1.82, 2.24) is 15.2 Å². The second kappa shape index (κ2) is 5.66. The maximum atomic E-state index is 11.9. The number of aryl methyl sites for hydroxylation is 1. The summed E-state index contributed by atoms with van der Waals surface area (Å²) in [5.74, 6) is 0. The Labute approximate surface area is 102 Å². The third kappa shape index (κ3) is 3.19. The Morgan fingerprint density at radius 1 is 1.41 bits per heavy atom. The van der Waals surface area contributed by atoms with Gasteiger partial charge in [-0.25, -0.2) is 4.79 Å². The molecular formula is C13H19N3O. The van der Waals surface area contributed by atoms with E-state index in [1.54, 1.807) is 6.20 Å². The summed E-state index contributed by atoms with van der Waals surface area (Å²) in [6, 6.07) is 3.95. The monoisotopic (exact) mass is 233 g/mol. The maximum Gasteiger partial charge on any atom is 0.317 e. The fraction of sp³-hybridized carbons (Fsp3) is 0.538. The Morgan fingerprint density at radius 3 is 2.88 bits per heavy atom. The van der Waals surface area contributed by atoms with E-state index in [0.29, 0.717) is 6.54 Å². The molecule has 2 amide bonds. The van der Waals surface area contributed by atoms with Crippen molar-refractivity contribution in [3.63, 3.8) is 0 Å². The first-order valence-corrected chi connectivity index (χ1v) is 6.20. The van der Waals surface area contributed by atoms with E-state index >= 15 is 0 Å². The molecule has 2 rings (SSSR count). The lowest BCUT2D eigenvalue weighted by Gasteiger charge is -2.26. The van der Waals surface area contributed by atoms with Crippen LogP contribution in [0.25, 0.3) is 0 Å². The number of nitrogens with zero attached hydrogens (tertiary/aromatic N) is 2. The number of likely N-dealkylation sites (tertiary alicyclic amines) is 1. The van der Waals surface area contributed by atoms with E-state index in [2.05, 4.69) is 10.3 Å². The number of urea groups is 1. The van der Waals surface area contributed by atoms with E-state index in [1.165, 1.54) is 6.42 Å². The Balaban J connectivity index is 1.85. The second-order valence-corrected chi connectivity index (χ2v) is 4.47. The average Bonchev–Trinajstić information content (AvgIpc) is 2.38. The minimum Gasteiger partial charge on any atom is -0.332 e. The van der Waals surface area contributed by atoms with Crippen LogP contribution in [0.15, 0.2) is 18.3 Å². The molecule has 1 saturated heterocycles. The molecule has 4 nitrogen and oxygen atoms in total. The second-order valence-electron chi connectivity index (χ2n) is 4.47. The molecule has 17 heavy (non-hydrogen) atoms. The Morgan fingerprint density at radius 2 is 2.18 bits per heavy atom. The van der Waals surface area contributed by atoms with Crippen molar-refractivity contribution in [1.29, 1.82) is 0 Å². The van der Waals surface area contributed by atoms with Crippen LogP contribution in [-0.2, 0) is 6.54 Å². The van der Waals surface area contributed by atoms with Gasteiger partial charge in [0, 0.05) is 19.3 Å². The van der Waals surface area contributed by atoms with Crippen LogP contribution in [0.4, 0.5) is 4.79 Å². The van der Waals surface area contributed by atoms with Crippen LogP contribution >= 0.6 is 0 Å². The van der Waals surface area contributed by atoms with Gasteiger partial charge in [-0.2, -0.15) is 0 Å². The number of carbonyl (C=O) groups is 1. The van der Waals surface area contributed by atoms with Crippen molar-refractivity contribution in [2.45, 2.75) is 32.7 Å². The molecule has 0 aliphatic carbocycles. The number of pyridine rings is 1. The molecule has 1 N–H and O–H groups in total. The summed E-state index contributed by atoms with van der Waals surface area (Å²) in [6.45, 7) is 4.29. The van der Waals surface area contributed by atoms with E-state index in [4.69, 9.17) is 0 Å². The highest BCUT2D eigenvalue weighted by Crippen LogP contribution is 2.09. The van der Waals surface area contributed by atoms with Crippen molar-refractivity contribution in [3.05, 3.63) is 29.6 Å². The lowest BCUT2D eigenvalue weighted by molar-refractivity contribution is 0.186. The fourth-order valence-corrected chi connectivity index (χ4v) is 2.07. The summed E-state index contributed by atoms with van der Waals surface area (Å²) in [4.78, 5) is 18.0. The van der Waals surface area contributed by atoms with Crippen LogP contribution in [0.3, 0.4) is 0 Å². The molecule has 1 fully saturated rings. The highest BCUT2D eigenvalue weighted by molar-refractivity contribution is 5.74. The fourth-order valence-electron chi connectivity index (χ4n) is 2.07. The topological polar surface area (TPSA) is 45.2 Å². The van der Waals surface area contributed by atoms with E-state index in [0.717, 1.165) is 37.2 Å². The largest absolute Gasteiger partial charge is 0.332 e. The third-order valence-corrected chi connectivity index (χ3v) is 3.17. The van der Waals surface area contributed by atoms with Crippen molar-refractivity contribution < 1.29 is 4.79 Å². The Bertz CT molecular complexity index is 386. The SMILES string of the molecule is Cc1cccnc1CNC(=O)N1CCCCC1. The molecule has 92 valence electrons. The van der Waals surface area contributed by atoms with Crippen LogP contribution in [0.1, 0.15) is 30.5 Å². The van der Waals surface area contributed by atoms with Gasteiger partial charge >= 0.3 is 6.03 Å². The van der Waals surface area contributed by atoms with E-state index < -0.39 is 0 Å². The molecular weight excluding hydrogens is 214 g/mol. The molecule has 0 bridgehead atoms. The summed E-state index contributed by atoms with van der Waals surface area (Å²) < 4.78 is 0. The summed E-state index contributed by atoms with van der Waals surface area (Å²) in [5, 5.41) is 2.93. The maximum absolute atomic E-state index is 11.9. The van der Waals surface area contributed by atoms with Gasteiger partial charge in [-0.15, -0.1) is 0 Å². The molecule has 1 aromatic heterocycles. The molecule has 0 saturated carbocycles. The number of aromatic nitrogens is 1. The van der Waals surface area contributed by atoms with E-state index in [1.807, 2.05) is 24.0 Å². The van der Waals surface area contributed by atoms with Crippen LogP contribution in [0.5, 0.6) is 0 Å². The number of piperidine rings is 1. The molecule has 4 heteroatoms. The Hall–Kier alpha value is -1.58. The lowest BCUT2D eigenvalue weighted by atomic mass is 10.1. The Kier molecular flexibility index (Phi) is 3.96. The first-order valence-electron chi connectivity index (χ1n) is 6.20. The van der Waals surface area contributed by atoms with Gasteiger partial charge in [0.25, 0.3) is 0 Å². The summed E-state index contributed by atoms with van der Waals surface area (Å²) in [7, 11) is 0. The van der Waals surface area contributed by atoms with Gasteiger partial charge in [0.2, 0.25) is 0 Å². The molecule has 1 aromatic rings. The normalized spacial score (nSPS) is 15.7. The summed E-state index contributed by atoms with van der Waals surface area (Å²) in [5.41, 5.74) is 2.06. The average molecular weight is 233 g/mol. The number of hydrogen-bond acceptors (Lipinski definition) is 2. The highest BCUT2D eigenvalue weighted by Gasteiger charge is 2.15. The molecule has 0 unspecified atom stereocenters. The number of rotatable bonds is 2. The van der Waals surface area contributed by atoms with Gasteiger partial charge in [-0.3, -0.25) is 4.98 Å². The van der Waals surface area contributed by atoms with Gasteiger partial charge in [-0.05, 0) is 37.8 Å². The first-order chi connectivity index (χ1) is 8.27. The zero-order chi connectivity index (χ0) is 12.1. The van der Waals surface area contributed by atoms with Gasteiger partial charge in [0.15, 0.2) is 0 Å². The third-order valence-electron chi connectivity index (χ3n) is 3.17. The van der Waals surface area contributed by atoms with Crippen molar-refractivity contribution >= 4 is 6.03 Å². The van der Waals surface area contributed by atoms with Gasteiger partial charge in [-0.1, -0.05) is 6.07 Å². The summed E-state index contributed by atoms with van der Waals surface area (Å²) in [6.07, 6.45) is 5.24. The molecule has 1 aliphatic rings. The molecule has 0 radical (unpaired) electrons. The van der Waals surface area contributed by atoms with E-state index in [-0.39, 0.29) is 6.03 Å². The van der Waals surface area contributed by atoms with Gasteiger partial charge in [0.05, 0.1) is 12.2 Å². The number of amides is 2. The highest BCUT2D eigenvalue weighted by atomic mass is 16.2. The molecule has 0 aromatic carbocycles. The minimum absolute atomic E-state index is 0.0368. The van der Waals surface area contributed by atoms with Gasteiger partial charge in [0.1, 0.15) is 0 Å². The van der Waals surface area contributed by atoms with Crippen molar-refractivity contribution in [3.8, 4) is 0 Å². The smallest absolute Gasteiger partial charge is 0.317 e. The summed E-state index contributed by atoms with van der Waals surface area (Å²) >= 11 is 0. The zero-order valence-corrected chi connectivity index (χ0v) is 10.3. The van der Waals surface area contributed by atoms with Crippen LogP contribution in [0.2, 0.25) is 0 Å². The predicted molar refractivity (Wildman–Crippen MR) is 66.6 cm³/mol. The number of carbonyl (C=O) groups excluding carboxylic acids is 1. The van der Waals surface area contributed by atoms with Crippen LogP contribution < -0.4 is 5.32 Å². The zero-order valence-electron chi connectivity index (χ0n) is 10.3. The minimum atomic E-state index is 0.0368. The predicted octanol–water partition coefficient (Wildman–Crippen LogP) is 2.09. The molecule has 1 aliphatic heterocycles. The first kappa shape index (κ1) is 11.9. The number of nitrogens with one attached hydrogen (secondary N) is 1. The molecule has 0 atom stereocenters. The van der Waals surface area contributed by atoms with Crippen molar-refractivity contribution in [2.75, 3.05) is 13.1 Å². The molecule has 2 heterocycles. The number of hydrogen-bond donors (Lipinski definition) is 1.